The molecule has 0 spiro atoms. The highest BCUT2D eigenvalue weighted by Crippen LogP contribution is 2.15. The summed E-state index contributed by atoms with van der Waals surface area (Å²) in [6.45, 7) is 1.74. The third-order valence-electron chi connectivity index (χ3n) is 1.87. The number of carbonyl (C=O) groups is 1. The van der Waals surface area contributed by atoms with Crippen LogP contribution < -0.4 is 0 Å². The van der Waals surface area contributed by atoms with Crippen LogP contribution in [0, 0.1) is 0 Å². The lowest BCUT2D eigenvalue weighted by Gasteiger charge is -2.13. The highest BCUT2D eigenvalue weighted by Gasteiger charge is 2.35. The molecule has 1 rings (SSSR count). The van der Waals surface area contributed by atoms with Gasteiger partial charge in [0.2, 0.25) is 0 Å². The summed E-state index contributed by atoms with van der Waals surface area (Å²) in [7, 11) is 1.66. The van der Waals surface area contributed by atoms with E-state index in [1.54, 1.807) is 7.05 Å². The maximum atomic E-state index is 10.7. The predicted molar refractivity (Wildman–Crippen MR) is 34.6 cm³/mol. The Morgan fingerprint density at radius 2 is 2.40 bits per heavy atom. The molecule has 10 heavy (non-hydrogen) atoms. The van der Waals surface area contributed by atoms with E-state index in [4.69, 9.17) is 9.84 Å². The largest absolute Gasteiger partial charge is 0.441 e. The minimum absolute atomic E-state index is 0.0162. The van der Waals surface area contributed by atoms with Crippen LogP contribution in [0.25, 0.3) is 0 Å². The van der Waals surface area contributed by atoms with Crippen molar-refractivity contribution in [1.82, 2.24) is 4.90 Å². The number of cyclic esters (lactones) is 1. The van der Waals surface area contributed by atoms with Gasteiger partial charge < -0.3 is 14.7 Å². The van der Waals surface area contributed by atoms with Gasteiger partial charge >= 0.3 is 6.09 Å². The average Bonchev–Trinajstić information content (AvgIpc) is 2.17. The summed E-state index contributed by atoms with van der Waals surface area (Å²) in [5.41, 5.74) is 0. The van der Waals surface area contributed by atoms with E-state index in [9.17, 15) is 4.79 Å². The summed E-state index contributed by atoms with van der Waals surface area (Å²) in [5.74, 6) is 0. The summed E-state index contributed by atoms with van der Waals surface area (Å²) in [5, 5.41) is 8.67. The van der Waals surface area contributed by atoms with Gasteiger partial charge in [0.05, 0.1) is 12.6 Å². The highest BCUT2D eigenvalue weighted by atomic mass is 16.6. The van der Waals surface area contributed by atoms with Gasteiger partial charge in [-0.05, 0) is 6.92 Å². The molecular formula is C6H11NO3. The van der Waals surface area contributed by atoms with Gasteiger partial charge in [0, 0.05) is 7.05 Å². The minimum atomic E-state index is -0.355. The lowest BCUT2D eigenvalue weighted by molar-refractivity contribution is 0.0853. The van der Waals surface area contributed by atoms with Gasteiger partial charge in [-0.25, -0.2) is 4.79 Å². The summed E-state index contributed by atoms with van der Waals surface area (Å²) in [4.78, 5) is 12.2. The van der Waals surface area contributed by atoms with Crippen LogP contribution in [0.2, 0.25) is 0 Å². The Balaban J connectivity index is 2.61. The molecule has 1 aliphatic rings. The molecule has 2 unspecified atom stereocenters. The maximum Gasteiger partial charge on any atom is 0.410 e. The Hall–Kier alpha value is -0.770. The molecule has 58 valence electrons. The molecule has 0 aromatic rings. The molecule has 0 bridgehead atoms. The third-order valence-corrected chi connectivity index (χ3v) is 1.87. The highest BCUT2D eigenvalue weighted by molar-refractivity contribution is 5.70. The summed E-state index contributed by atoms with van der Waals surface area (Å²) in [6, 6.07) is -0.0162. The van der Waals surface area contributed by atoms with Crippen molar-refractivity contribution in [1.29, 1.82) is 0 Å². The van der Waals surface area contributed by atoms with Gasteiger partial charge in [-0.15, -0.1) is 0 Å². The average molecular weight is 145 g/mol. The molecule has 1 fully saturated rings. The molecule has 0 aromatic carbocycles. The van der Waals surface area contributed by atoms with Crippen molar-refractivity contribution < 1.29 is 14.6 Å². The molecule has 1 aliphatic heterocycles. The number of nitrogens with zero attached hydrogens (tertiary/aromatic N) is 1. The fourth-order valence-corrected chi connectivity index (χ4v) is 0.917. The van der Waals surface area contributed by atoms with Crippen LogP contribution in [0.3, 0.4) is 0 Å². The number of aliphatic hydroxyl groups is 1. The van der Waals surface area contributed by atoms with Crippen LogP contribution in [0.4, 0.5) is 4.79 Å². The molecule has 1 heterocycles. The van der Waals surface area contributed by atoms with Crippen molar-refractivity contribution >= 4 is 6.09 Å². The zero-order valence-corrected chi connectivity index (χ0v) is 6.07. The Labute approximate surface area is 59.4 Å². The molecule has 1 N–H and O–H groups in total. The molecule has 2 atom stereocenters. The van der Waals surface area contributed by atoms with Gasteiger partial charge in [0.15, 0.2) is 0 Å². The molecule has 0 radical (unpaired) electrons. The normalized spacial score (nSPS) is 32.7. The Bertz CT molecular complexity index is 148. The Morgan fingerprint density at radius 3 is 2.60 bits per heavy atom. The molecule has 4 nitrogen and oxygen atoms in total. The monoisotopic (exact) mass is 145 g/mol. The van der Waals surface area contributed by atoms with Gasteiger partial charge in [-0.1, -0.05) is 0 Å². The number of likely N-dealkylation sites (N-methyl/N-ethyl adjacent to an activating group) is 1. The van der Waals surface area contributed by atoms with Gasteiger partial charge in [-0.3, -0.25) is 0 Å². The van der Waals surface area contributed by atoms with Crippen molar-refractivity contribution in [3.05, 3.63) is 0 Å². The number of amides is 1. The van der Waals surface area contributed by atoms with Crippen molar-refractivity contribution in [3.8, 4) is 0 Å². The van der Waals surface area contributed by atoms with Crippen molar-refractivity contribution in [2.45, 2.75) is 19.1 Å². The zero-order chi connectivity index (χ0) is 7.72. The summed E-state index contributed by atoms with van der Waals surface area (Å²) >= 11 is 0. The molecule has 1 amide bonds. The van der Waals surface area contributed by atoms with Crippen LogP contribution in [-0.4, -0.2) is 41.9 Å². The third kappa shape index (κ3) is 0.945. The quantitative estimate of drug-likeness (QED) is 0.556. The fraction of sp³-hybridized carbons (Fsp3) is 0.833. The van der Waals surface area contributed by atoms with Gasteiger partial charge in [-0.2, -0.15) is 0 Å². The number of rotatable bonds is 1. The van der Waals surface area contributed by atoms with E-state index >= 15 is 0 Å². The van der Waals surface area contributed by atoms with Crippen LogP contribution in [0.1, 0.15) is 6.92 Å². The number of ether oxygens (including phenoxy) is 1. The first-order chi connectivity index (χ1) is 4.66. The zero-order valence-electron chi connectivity index (χ0n) is 6.07. The first-order valence-electron chi connectivity index (χ1n) is 3.21. The second-order valence-corrected chi connectivity index (χ2v) is 2.46. The first kappa shape index (κ1) is 7.34. The molecule has 4 heteroatoms. The van der Waals surface area contributed by atoms with Crippen molar-refractivity contribution in [2.75, 3.05) is 13.7 Å². The van der Waals surface area contributed by atoms with E-state index in [0.29, 0.717) is 0 Å². The molecule has 0 aromatic heterocycles. The van der Waals surface area contributed by atoms with Crippen LogP contribution in [0.5, 0.6) is 0 Å². The van der Waals surface area contributed by atoms with Crippen LogP contribution >= 0.6 is 0 Å². The van der Waals surface area contributed by atoms with Crippen molar-refractivity contribution in [2.24, 2.45) is 0 Å². The van der Waals surface area contributed by atoms with Crippen molar-refractivity contribution in [3.63, 3.8) is 0 Å². The smallest absolute Gasteiger partial charge is 0.410 e. The predicted octanol–water partition coefficient (Wildman–Crippen LogP) is -0.182. The second kappa shape index (κ2) is 2.46. The number of hydrogen-bond acceptors (Lipinski definition) is 3. The SMILES string of the molecule is CC1C(CO)OC(=O)N1C. The van der Waals surface area contributed by atoms with E-state index < -0.39 is 0 Å². The van der Waals surface area contributed by atoms with E-state index in [1.807, 2.05) is 6.92 Å². The van der Waals surface area contributed by atoms with E-state index in [2.05, 4.69) is 0 Å². The number of carbonyl (C=O) groups excluding carboxylic acids is 1. The standard InChI is InChI=1S/C6H11NO3/c1-4-5(3-8)10-6(9)7(4)2/h4-5,8H,3H2,1-2H3. The van der Waals surface area contributed by atoms with Gasteiger partial charge in [0.1, 0.15) is 6.10 Å². The lowest BCUT2D eigenvalue weighted by Crippen LogP contribution is -2.31. The van der Waals surface area contributed by atoms with Crippen LogP contribution in [0.15, 0.2) is 0 Å². The Kier molecular flexibility index (Phi) is 1.80. The molecule has 1 saturated heterocycles. The van der Waals surface area contributed by atoms with E-state index in [-0.39, 0.29) is 24.8 Å². The summed E-state index contributed by atoms with van der Waals surface area (Å²) < 4.78 is 4.77. The fourth-order valence-electron chi connectivity index (χ4n) is 0.917. The topological polar surface area (TPSA) is 49.8 Å². The Morgan fingerprint density at radius 1 is 1.80 bits per heavy atom. The van der Waals surface area contributed by atoms with Gasteiger partial charge in [0.25, 0.3) is 0 Å². The number of aliphatic hydroxyl groups excluding tert-OH is 1. The first-order valence-corrected chi connectivity index (χ1v) is 3.21. The minimum Gasteiger partial charge on any atom is -0.441 e. The molecule has 0 aliphatic carbocycles. The van der Waals surface area contributed by atoms with E-state index in [1.165, 1.54) is 4.90 Å². The maximum absolute atomic E-state index is 10.7. The number of hydrogen-bond donors (Lipinski definition) is 1. The lowest BCUT2D eigenvalue weighted by atomic mass is 10.2. The molecule has 0 saturated carbocycles. The summed E-state index contributed by atoms with van der Waals surface area (Å²) in [6.07, 6.45) is -0.705. The van der Waals surface area contributed by atoms with E-state index in [0.717, 1.165) is 0 Å². The second-order valence-electron chi connectivity index (χ2n) is 2.46. The van der Waals surface area contributed by atoms with Crippen LogP contribution in [-0.2, 0) is 4.74 Å². The molecular weight excluding hydrogens is 134 g/mol.